The molecule has 2 aromatic heterocycles. The van der Waals surface area contributed by atoms with E-state index in [-0.39, 0.29) is 5.56 Å². The number of aromatic nitrogens is 3. The SMILES string of the molecule is COc1ccc(-c2oc3cc(OC)cc(C(=O)On4nnc5ccccc54)c3c2-c2cc(OC)cc(OC)c2)cc1. The Kier molecular flexibility index (Phi) is 6.64. The third-order valence-corrected chi connectivity index (χ3v) is 6.70. The molecule has 10 nitrogen and oxygen atoms in total. The second-order valence-electron chi connectivity index (χ2n) is 9.01. The molecule has 0 unspecified atom stereocenters. The summed E-state index contributed by atoms with van der Waals surface area (Å²) in [5, 5.41) is 8.59. The van der Waals surface area contributed by atoms with Crippen LogP contribution < -0.4 is 23.8 Å². The van der Waals surface area contributed by atoms with Gasteiger partial charge in [-0.15, -0.1) is 5.10 Å². The van der Waals surface area contributed by atoms with Crippen molar-refractivity contribution in [3.05, 3.63) is 84.4 Å². The van der Waals surface area contributed by atoms with Crippen LogP contribution in [-0.4, -0.2) is 49.6 Å². The standard InChI is InChI=1S/C31H25N3O7/c1-36-20-11-9-18(10-12-20)30-28(19-13-21(37-2)15-22(14-19)38-3)29-24(16-23(39-4)17-27(29)40-30)31(35)41-34-26-8-6-5-7-25(26)32-33-34/h5-17H,1-4H3. The molecule has 0 radical (unpaired) electrons. The number of hydrogen-bond acceptors (Lipinski definition) is 9. The van der Waals surface area contributed by atoms with Crippen molar-refractivity contribution >= 4 is 28.0 Å². The Hall–Kier alpha value is -5.51. The van der Waals surface area contributed by atoms with Crippen LogP contribution in [-0.2, 0) is 0 Å². The van der Waals surface area contributed by atoms with Crippen molar-refractivity contribution in [3.63, 3.8) is 0 Å². The largest absolute Gasteiger partial charge is 0.497 e. The predicted octanol–water partition coefficient (Wildman–Crippen LogP) is 5.81. The smallest absolute Gasteiger partial charge is 0.366 e. The fourth-order valence-electron chi connectivity index (χ4n) is 4.70. The highest BCUT2D eigenvalue weighted by molar-refractivity contribution is 6.13. The third kappa shape index (κ3) is 4.65. The van der Waals surface area contributed by atoms with Gasteiger partial charge in [0.15, 0.2) is 0 Å². The van der Waals surface area contributed by atoms with E-state index in [2.05, 4.69) is 10.3 Å². The zero-order chi connectivity index (χ0) is 28.5. The summed E-state index contributed by atoms with van der Waals surface area (Å²) in [6, 6.07) is 23.4. The van der Waals surface area contributed by atoms with E-state index in [1.807, 2.05) is 48.5 Å². The first kappa shape index (κ1) is 25.8. The summed E-state index contributed by atoms with van der Waals surface area (Å²) in [5.41, 5.74) is 3.87. The van der Waals surface area contributed by atoms with Crippen molar-refractivity contribution in [2.45, 2.75) is 0 Å². The second kappa shape index (κ2) is 10.6. The second-order valence-corrected chi connectivity index (χ2v) is 9.01. The molecule has 0 atom stereocenters. The number of ether oxygens (including phenoxy) is 4. The number of carbonyl (C=O) groups is 1. The highest BCUT2D eigenvalue weighted by Gasteiger charge is 2.27. The maximum absolute atomic E-state index is 13.8. The number of hydrogen-bond donors (Lipinski definition) is 0. The summed E-state index contributed by atoms with van der Waals surface area (Å²) < 4.78 is 28.4. The number of para-hydroxylation sites is 1. The molecule has 0 fully saturated rings. The van der Waals surface area contributed by atoms with Gasteiger partial charge < -0.3 is 28.2 Å². The summed E-state index contributed by atoms with van der Waals surface area (Å²) in [4.78, 5) is 20.7. The lowest BCUT2D eigenvalue weighted by Gasteiger charge is -2.11. The number of rotatable bonds is 8. The van der Waals surface area contributed by atoms with Gasteiger partial charge in [-0.2, -0.15) is 0 Å². The molecule has 0 saturated carbocycles. The fraction of sp³-hybridized carbons (Fsp3) is 0.129. The van der Waals surface area contributed by atoms with E-state index in [4.69, 9.17) is 28.2 Å². The van der Waals surface area contributed by atoms with Gasteiger partial charge in [0.05, 0.1) is 34.0 Å². The van der Waals surface area contributed by atoms with Crippen LogP contribution in [0, 0.1) is 0 Å². The van der Waals surface area contributed by atoms with Crippen molar-refractivity contribution in [3.8, 4) is 45.4 Å². The fourth-order valence-corrected chi connectivity index (χ4v) is 4.70. The first-order valence-electron chi connectivity index (χ1n) is 12.6. The van der Waals surface area contributed by atoms with Gasteiger partial charge in [-0.25, -0.2) is 4.79 Å². The highest BCUT2D eigenvalue weighted by atomic mass is 16.7. The Bertz CT molecular complexity index is 1870. The predicted molar refractivity (Wildman–Crippen MR) is 152 cm³/mol. The van der Waals surface area contributed by atoms with Crippen LogP contribution in [0.25, 0.3) is 44.5 Å². The van der Waals surface area contributed by atoms with Crippen molar-refractivity contribution in [1.29, 1.82) is 0 Å². The summed E-state index contributed by atoms with van der Waals surface area (Å²) >= 11 is 0. The van der Waals surface area contributed by atoms with E-state index in [1.54, 1.807) is 51.7 Å². The molecule has 6 aromatic rings. The summed E-state index contributed by atoms with van der Waals surface area (Å²) in [7, 11) is 6.27. The Morgan fingerprint density at radius 3 is 2.07 bits per heavy atom. The summed E-state index contributed by atoms with van der Waals surface area (Å²) in [6.07, 6.45) is 0. The average Bonchev–Trinajstić information content (AvgIpc) is 3.61. The zero-order valence-electron chi connectivity index (χ0n) is 22.7. The molecule has 41 heavy (non-hydrogen) atoms. The van der Waals surface area contributed by atoms with Crippen LogP contribution in [0.2, 0.25) is 0 Å². The van der Waals surface area contributed by atoms with Gasteiger partial charge in [-0.1, -0.05) is 17.0 Å². The number of carbonyl (C=O) groups excluding carboxylic acids is 1. The van der Waals surface area contributed by atoms with Gasteiger partial charge in [0, 0.05) is 28.6 Å². The van der Waals surface area contributed by atoms with Crippen LogP contribution in [0.5, 0.6) is 23.0 Å². The zero-order valence-corrected chi connectivity index (χ0v) is 22.7. The topological polar surface area (TPSA) is 107 Å². The number of nitrogens with zero attached hydrogens (tertiary/aromatic N) is 3. The van der Waals surface area contributed by atoms with Crippen LogP contribution in [0.1, 0.15) is 10.4 Å². The van der Waals surface area contributed by atoms with E-state index < -0.39 is 5.97 Å². The lowest BCUT2D eigenvalue weighted by atomic mass is 9.95. The Balaban J connectivity index is 1.61. The van der Waals surface area contributed by atoms with Crippen molar-refractivity contribution < 1.29 is 33.0 Å². The number of fused-ring (bicyclic) bond motifs is 2. The van der Waals surface area contributed by atoms with E-state index in [0.29, 0.717) is 61.9 Å². The number of benzene rings is 4. The molecule has 206 valence electrons. The van der Waals surface area contributed by atoms with Crippen molar-refractivity contribution in [1.82, 2.24) is 15.2 Å². The van der Waals surface area contributed by atoms with E-state index >= 15 is 0 Å². The maximum Gasteiger partial charge on any atom is 0.366 e. The van der Waals surface area contributed by atoms with Crippen molar-refractivity contribution in [2.75, 3.05) is 28.4 Å². The van der Waals surface area contributed by atoms with E-state index in [0.717, 1.165) is 10.4 Å². The highest BCUT2D eigenvalue weighted by Crippen LogP contribution is 2.45. The minimum Gasteiger partial charge on any atom is -0.497 e. The van der Waals surface area contributed by atoms with Crippen LogP contribution in [0.15, 0.2) is 83.3 Å². The van der Waals surface area contributed by atoms with E-state index in [1.165, 1.54) is 7.11 Å². The molecule has 0 amide bonds. The Labute approximate surface area is 234 Å². The van der Waals surface area contributed by atoms with Gasteiger partial charge in [-0.3, -0.25) is 0 Å². The molecule has 0 aliphatic heterocycles. The first-order valence-corrected chi connectivity index (χ1v) is 12.6. The van der Waals surface area contributed by atoms with Crippen LogP contribution in [0.4, 0.5) is 0 Å². The molecule has 0 saturated heterocycles. The van der Waals surface area contributed by atoms with E-state index in [9.17, 15) is 4.79 Å². The molecule has 0 aliphatic carbocycles. The molecule has 0 bridgehead atoms. The van der Waals surface area contributed by atoms with Gasteiger partial charge >= 0.3 is 5.97 Å². The third-order valence-electron chi connectivity index (χ3n) is 6.70. The Morgan fingerprint density at radius 1 is 0.732 bits per heavy atom. The van der Waals surface area contributed by atoms with Gasteiger partial charge in [0.25, 0.3) is 0 Å². The van der Waals surface area contributed by atoms with Gasteiger partial charge in [-0.05, 0) is 65.4 Å². The molecule has 6 rings (SSSR count). The quantitative estimate of drug-likeness (QED) is 0.216. The Morgan fingerprint density at radius 2 is 1.39 bits per heavy atom. The van der Waals surface area contributed by atoms with Crippen molar-refractivity contribution in [2.24, 2.45) is 0 Å². The van der Waals surface area contributed by atoms with Gasteiger partial charge in [0.2, 0.25) is 0 Å². The molecule has 2 heterocycles. The first-order chi connectivity index (χ1) is 20.0. The maximum atomic E-state index is 13.8. The molecule has 0 aliphatic rings. The average molecular weight is 552 g/mol. The molecule has 10 heteroatoms. The molecular weight excluding hydrogens is 526 g/mol. The lowest BCUT2D eigenvalue weighted by Crippen LogP contribution is -2.21. The molecule has 0 spiro atoms. The van der Waals surface area contributed by atoms with Crippen LogP contribution in [0.3, 0.4) is 0 Å². The van der Waals surface area contributed by atoms with Gasteiger partial charge in [0.1, 0.15) is 45.4 Å². The number of methoxy groups -OCH3 is 4. The molecular formula is C31H25N3O7. The molecule has 0 N–H and O–H groups in total. The normalized spacial score (nSPS) is 11.0. The summed E-state index contributed by atoms with van der Waals surface area (Å²) in [6.45, 7) is 0. The summed E-state index contributed by atoms with van der Waals surface area (Å²) in [5.74, 6) is 2.09. The minimum atomic E-state index is -0.678. The minimum absolute atomic E-state index is 0.208. The monoisotopic (exact) mass is 551 g/mol. The lowest BCUT2D eigenvalue weighted by molar-refractivity contribution is 0.0410. The van der Waals surface area contributed by atoms with Crippen LogP contribution >= 0.6 is 0 Å². The number of furan rings is 1. The molecule has 4 aromatic carbocycles.